The Morgan fingerprint density at radius 2 is 2.22 bits per heavy atom. The molecule has 0 aliphatic heterocycles. The molecule has 18 heavy (non-hydrogen) atoms. The van der Waals surface area contributed by atoms with Crippen LogP contribution in [0.4, 0.5) is 0 Å². The molecule has 1 fully saturated rings. The summed E-state index contributed by atoms with van der Waals surface area (Å²) in [6.07, 6.45) is 6.97. The molecular weight excluding hydrogens is 228 g/mol. The molecule has 1 aliphatic carbocycles. The Morgan fingerprint density at radius 3 is 2.89 bits per heavy atom. The Bertz CT molecular complexity index is 414. The van der Waals surface area contributed by atoms with Gasteiger partial charge in [0.1, 0.15) is 0 Å². The quantitative estimate of drug-likeness (QED) is 0.774. The van der Waals surface area contributed by atoms with E-state index in [1.165, 1.54) is 6.42 Å². The van der Waals surface area contributed by atoms with Gasteiger partial charge in [-0.2, -0.15) is 5.10 Å². The van der Waals surface area contributed by atoms with Gasteiger partial charge in [-0.3, -0.25) is 4.68 Å². The lowest BCUT2D eigenvalue weighted by Gasteiger charge is -2.32. The summed E-state index contributed by atoms with van der Waals surface area (Å²) in [5.74, 6) is 1.24. The standard InChI is InChI=1S/C14H22N2O2/c1-4-18-14(17)12-8-15-16(9-12)13-6-5-10(2)11(3)7-13/h8-11,13H,4-7H2,1-3H3. The summed E-state index contributed by atoms with van der Waals surface area (Å²) < 4.78 is 6.91. The molecule has 1 aromatic heterocycles. The van der Waals surface area contributed by atoms with Crippen molar-refractivity contribution in [3.05, 3.63) is 18.0 Å². The van der Waals surface area contributed by atoms with Gasteiger partial charge in [-0.25, -0.2) is 4.79 Å². The van der Waals surface area contributed by atoms with Crippen molar-refractivity contribution in [2.24, 2.45) is 11.8 Å². The minimum absolute atomic E-state index is 0.277. The number of rotatable bonds is 3. The van der Waals surface area contributed by atoms with E-state index < -0.39 is 0 Å². The number of esters is 1. The highest BCUT2D eigenvalue weighted by Gasteiger charge is 2.26. The minimum Gasteiger partial charge on any atom is -0.462 e. The third-order valence-corrected chi connectivity index (χ3v) is 4.06. The molecule has 0 amide bonds. The molecular formula is C14H22N2O2. The molecule has 2 rings (SSSR count). The maximum Gasteiger partial charge on any atom is 0.341 e. The zero-order chi connectivity index (χ0) is 13.1. The van der Waals surface area contributed by atoms with E-state index in [-0.39, 0.29) is 5.97 Å². The zero-order valence-corrected chi connectivity index (χ0v) is 11.4. The van der Waals surface area contributed by atoms with E-state index in [9.17, 15) is 4.79 Å². The molecule has 0 spiro atoms. The Hall–Kier alpha value is -1.32. The normalized spacial score (nSPS) is 28.1. The molecule has 4 nitrogen and oxygen atoms in total. The van der Waals surface area contributed by atoms with Crippen molar-refractivity contribution in [1.82, 2.24) is 9.78 Å². The van der Waals surface area contributed by atoms with Crippen LogP contribution in [0.1, 0.15) is 56.4 Å². The maximum atomic E-state index is 11.6. The number of hydrogen-bond acceptors (Lipinski definition) is 3. The molecule has 4 heteroatoms. The van der Waals surface area contributed by atoms with Crippen molar-refractivity contribution in [2.45, 2.75) is 46.1 Å². The molecule has 1 aliphatic rings. The van der Waals surface area contributed by atoms with Crippen LogP contribution >= 0.6 is 0 Å². The SMILES string of the molecule is CCOC(=O)c1cnn(C2CCC(C)C(C)C2)c1. The van der Waals surface area contributed by atoms with Crippen LogP contribution in [0, 0.1) is 11.8 Å². The molecule has 3 unspecified atom stereocenters. The van der Waals surface area contributed by atoms with E-state index in [1.807, 2.05) is 17.8 Å². The highest BCUT2D eigenvalue weighted by molar-refractivity contribution is 5.88. The fraction of sp³-hybridized carbons (Fsp3) is 0.714. The number of hydrogen-bond donors (Lipinski definition) is 0. The van der Waals surface area contributed by atoms with Crippen molar-refractivity contribution in [2.75, 3.05) is 6.61 Å². The van der Waals surface area contributed by atoms with Gasteiger partial charge in [0.2, 0.25) is 0 Å². The molecule has 0 aromatic carbocycles. The Morgan fingerprint density at radius 1 is 1.44 bits per heavy atom. The monoisotopic (exact) mass is 250 g/mol. The fourth-order valence-electron chi connectivity index (χ4n) is 2.62. The molecule has 100 valence electrons. The second-order valence-electron chi connectivity index (χ2n) is 5.35. The summed E-state index contributed by atoms with van der Waals surface area (Å²) in [6, 6.07) is 0.430. The average molecular weight is 250 g/mol. The van der Waals surface area contributed by atoms with Crippen molar-refractivity contribution in [1.29, 1.82) is 0 Å². The van der Waals surface area contributed by atoms with Crippen molar-refractivity contribution >= 4 is 5.97 Å². The number of carbonyl (C=O) groups excluding carboxylic acids is 1. The lowest BCUT2D eigenvalue weighted by Crippen LogP contribution is -2.23. The number of carbonyl (C=O) groups is 1. The number of nitrogens with zero attached hydrogens (tertiary/aromatic N) is 2. The number of aromatic nitrogens is 2. The molecule has 1 heterocycles. The third-order valence-electron chi connectivity index (χ3n) is 4.06. The summed E-state index contributed by atoms with van der Waals surface area (Å²) in [5, 5.41) is 4.32. The highest BCUT2D eigenvalue weighted by Crippen LogP contribution is 2.35. The third kappa shape index (κ3) is 2.74. The predicted molar refractivity (Wildman–Crippen MR) is 69.4 cm³/mol. The van der Waals surface area contributed by atoms with Crippen LogP contribution in [0.25, 0.3) is 0 Å². The van der Waals surface area contributed by atoms with Gasteiger partial charge in [0.25, 0.3) is 0 Å². The minimum atomic E-state index is -0.277. The van der Waals surface area contributed by atoms with E-state index in [0.29, 0.717) is 18.2 Å². The van der Waals surface area contributed by atoms with E-state index >= 15 is 0 Å². The fourth-order valence-corrected chi connectivity index (χ4v) is 2.62. The smallest absolute Gasteiger partial charge is 0.341 e. The first-order valence-electron chi connectivity index (χ1n) is 6.83. The maximum absolute atomic E-state index is 11.6. The van der Waals surface area contributed by atoms with Crippen LogP contribution in [0.5, 0.6) is 0 Å². The van der Waals surface area contributed by atoms with Gasteiger partial charge in [-0.05, 0) is 38.0 Å². The molecule has 0 N–H and O–H groups in total. The van der Waals surface area contributed by atoms with E-state index in [1.54, 1.807) is 6.20 Å². The summed E-state index contributed by atoms with van der Waals surface area (Å²) in [4.78, 5) is 11.6. The van der Waals surface area contributed by atoms with Gasteiger partial charge in [0, 0.05) is 6.20 Å². The molecule has 0 bridgehead atoms. The van der Waals surface area contributed by atoms with Gasteiger partial charge < -0.3 is 4.74 Å². The van der Waals surface area contributed by atoms with Crippen LogP contribution in [-0.4, -0.2) is 22.4 Å². The van der Waals surface area contributed by atoms with Gasteiger partial charge in [0.15, 0.2) is 0 Å². The van der Waals surface area contributed by atoms with Crippen LogP contribution in [0.15, 0.2) is 12.4 Å². The van der Waals surface area contributed by atoms with Crippen molar-refractivity contribution in [3.8, 4) is 0 Å². The van der Waals surface area contributed by atoms with Gasteiger partial charge in [-0.1, -0.05) is 13.8 Å². The summed E-state index contributed by atoms with van der Waals surface area (Å²) in [7, 11) is 0. The summed E-state index contributed by atoms with van der Waals surface area (Å²) >= 11 is 0. The topological polar surface area (TPSA) is 44.1 Å². The lowest BCUT2D eigenvalue weighted by atomic mass is 9.79. The first kappa shape index (κ1) is 13.1. The Kier molecular flexibility index (Phi) is 4.04. The summed E-state index contributed by atoms with van der Waals surface area (Å²) in [6.45, 7) is 6.83. The zero-order valence-electron chi connectivity index (χ0n) is 11.4. The Balaban J connectivity index is 2.04. The largest absolute Gasteiger partial charge is 0.462 e. The number of ether oxygens (including phenoxy) is 1. The van der Waals surface area contributed by atoms with Crippen LogP contribution < -0.4 is 0 Å². The Labute approximate surface area is 108 Å². The second kappa shape index (κ2) is 5.55. The van der Waals surface area contributed by atoms with Gasteiger partial charge in [0.05, 0.1) is 24.4 Å². The average Bonchev–Trinajstić information content (AvgIpc) is 2.82. The molecule has 0 radical (unpaired) electrons. The predicted octanol–water partition coefficient (Wildman–Crippen LogP) is 3.06. The van der Waals surface area contributed by atoms with Crippen LogP contribution in [0.3, 0.4) is 0 Å². The summed E-state index contributed by atoms with van der Waals surface area (Å²) in [5.41, 5.74) is 0.558. The molecule has 0 saturated heterocycles. The molecule has 3 atom stereocenters. The van der Waals surface area contributed by atoms with Gasteiger partial charge in [-0.15, -0.1) is 0 Å². The van der Waals surface area contributed by atoms with Crippen LogP contribution in [-0.2, 0) is 4.74 Å². The van der Waals surface area contributed by atoms with E-state index in [4.69, 9.17) is 4.74 Å². The first-order valence-corrected chi connectivity index (χ1v) is 6.83. The molecule has 1 saturated carbocycles. The van der Waals surface area contributed by atoms with Gasteiger partial charge >= 0.3 is 5.97 Å². The second-order valence-corrected chi connectivity index (χ2v) is 5.35. The van der Waals surface area contributed by atoms with Crippen LogP contribution in [0.2, 0.25) is 0 Å². The molecule has 1 aromatic rings. The van der Waals surface area contributed by atoms with E-state index in [2.05, 4.69) is 18.9 Å². The van der Waals surface area contributed by atoms with Crippen molar-refractivity contribution in [3.63, 3.8) is 0 Å². The highest BCUT2D eigenvalue weighted by atomic mass is 16.5. The lowest BCUT2D eigenvalue weighted by molar-refractivity contribution is 0.0526. The first-order chi connectivity index (χ1) is 8.61. The van der Waals surface area contributed by atoms with E-state index in [0.717, 1.165) is 24.7 Å². The van der Waals surface area contributed by atoms with Crippen molar-refractivity contribution < 1.29 is 9.53 Å².